The lowest BCUT2D eigenvalue weighted by molar-refractivity contribution is -0.350. The van der Waals surface area contributed by atoms with Gasteiger partial charge in [-0.2, -0.15) is 0 Å². The van der Waals surface area contributed by atoms with Gasteiger partial charge in [0, 0.05) is 6.92 Å². The zero-order chi connectivity index (χ0) is 38.5. The summed E-state index contributed by atoms with van der Waals surface area (Å²) in [6.07, 6.45) is -13.8. The lowest BCUT2D eigenvalue weighted by Gasteiger charge is -2.48. The van der Waals surface area contributed by atoms with Gasteiger partial charge in [0.15, 0.2) is 18.7 Å². The van der Waals surface area contributed by atoms with Gasteiger partial charge in [-0.3, -0.25) is 19.2 Å². The summed E-state index contributed by atoms with van der Waals surface area (Å²) in [5, 5.41) is 37.0. The Morgan fingerprint density at radius 2 is 1.20 bits per heavy atom. The molecule has 2 saturated heterocycles. The van der Waals surface area contributed by atoms with Crippen molar-refractivity contribution in [2.45, 2.75) is 137 Å². The third-order valence-electron chi connectivity index (χ3n) is 8.07. The molecule has 15 heteroatoms. The fraction of sp³-hybridized carbons (Fsp3) is 0.722. The number of rotatable bonds is 11. The Balaban J connectivity index is 1.97. The van der Waals surface area contributed by atoms with E-state index in [9.17, 15) is 34.5 Å². The van der Waals surface area contributed by atoms with Crippen LogP contribution < -0.4 is 5.32 Å². The lowest BCUT2D eigenvalue weighted by Crippen LogP contribution is -2.68. The minimum Gasteiger partial charge on any atom is -0.462 e. The zero-order valence-corrected chi connectivity index (χ0v) is 31.1. The second kappa shape index (κ2) is 17.1. The Morgan fingerprint density at radius 3 is 1.71 bits per heavy atom. The van der Waals surface area contributed by atoms with Gasteiger partial charge in [0.25, 0.3) is 0 Å². The summed E-state index contributed by atoms with van der Waals surface area (Å²) in [5.41, 5.74) is -2.05. The van der Waals surface area contributed by atoms with E-state index in [0.717, 1.165) is 5.56 Å². The van der Waals surface area contributed by atoms with E-state index in [1.165, 1.54) is 6.92 Å². The van der Waals surface area contributed by atoms with Crippen molar-refractivity contribution in [3.8, 4) is 0 Å². The maximum absolute atomic E-state index is 12.9. The van der Waals surface area contributed by atoms with E-state index in [0.29, 0.717) is 0 Å². The molecular weight excluding hydrogens is 670 g/mol. The third kappa shape index (κ3) is 11.7. The molecule has 1 amide bonds. The van der Waals surface area contributed by atoms with Crippen molar-refractivity contribution in [2.75, 3.05) is 13.2 Å². The molecule has 4 N–H and O–H groups in total. The molecule has 2 heterocycles. The monoisotopic (exact) mass is 725 g/mol. The number of hydrogen-bond acceptors (Lipinski definition) is 14. The van der Waals surface area contributed by atoms with Gasteiger partial charge in [0.05, 0.1) is 22.9 Å². The summed E-state index contributed by atoms with van der Waals surface area (Å²) >= 11 is 0. The Hall–Kier alpha value is -3.18. The normalized spacial score (nSPS) is 30.2. The Bertz CT molecular complexity index is 1330. The number of nitrogens with one attached hydrogen (secondary N) is 1. The van der Waals surface area contributed by atoms with Gasteiger partial charge in [-0.25, -0.2) is 0 Å². The van der Waals surface area contributed by atoms with Crippen LogP contribution in [-0.2, 0) is 58.9 Å². The van der Waals surface area contributed by atoms with Crippen LogP contribution in [0.1, 0.15) is 74.8 Å². The molecule has 288 valence electrons. The summed E-state index contributed by atoms with van der Waals surface area (Å²) in [5.74, 6) is -2.48. The SMILES string of the molecule is CC(=O)N[C@H]1[C@H](OCc2ccccc2)O[C@H](COC(=O)C(C)(C)C)[C@@H](O[C@@H]2O[C@H](COC(=O)C(C)(C)C)[C@H](O)[C@H](OC(=O)C(C)(C)C)[C@H]2O)[C@@H]1O. The van der Waals surface area contributed by atoms with Gasteiger partial charge < -0.3 is 53.8 Å². The smallest absolute Gasteiger partial charge is 0.311 e. The van der Waals surface area contributed by atoms with Crippen molar-refractivity contribution in [2.24, 2.45) is 16.2 Å². The summed E-state index contributed by atoms with van der Waals surface area (Å²) in [6, 6.07) is 7.87. The maximum atomic E-state index is 12.9. The second-order valence-corrected chi connectivity index (χ2v) is 16.0. The standard InChI is InChI=1S/C36H55NO14/c1-19(38)37-23-25(40)27(22(18-47-32(43)35(5,6)7)49-29(23)45-16-20-14-12-11-13-15-20)50-30-26(41)28(51-33(44)36(8,9)10)24(39)21(48-30)17-46-31(42)34(2,3)4/h11-15,21-30,39-41H,16-18H2,1-10H3,(H,37,38)/t21-,22-,23-,24+,25-,26-,27-,28+,29-,30+/m1/s1. The van der Waals surface area contributed by atoms with Crippen molar-refractivity contribution in [3.05, 3.63) is 35.9 Å². The highest BCUT2D eigenvalue weighted by Crippen LogP contribution is 2.33. The number of benzene rings is 1. The first kappa shape index (κ1) is 42.2. The highest BCUT2D eigenvalue weighted by Gasteiger charge is 2.54. The first-order valence-electron chi connectivity index (χ1n) is 17.0. The number of hydrogen-bond donors (Lipinski definition) is 4. The molecule has 0 bridgehead atoms. The van der Waals surface area contributed by atoms with Gasteiger partial charge in [0.2, 0.25) is 5.91 Å². The molecule has 10 atom stereocenters. The van der Waals surface area contributed by atoms with Crippen molar-refractivity contribution in [1.29, 1.82) is 0 Å². The number of amides is 1. The molecule has 2 fully saturated rings. The van der Waals surface area contributed by atoms with Crippen LogP contribution in [0.3, 0.4) is 0 Å². The second-order valence-electron chi connectivity index (χ2n) is 16.0. The molecule has 51 heavy (non-hydrogen) atoms. The molecule has 0 unspecified atom stereocenters. The van der Waals surface area contributed by atoms with Gasteiger partial charge in [-0.05, 0) is 67.9 Å². The van der Waals surface area contributed by atoms with E-state index >= 15 is 0 Å². The van der Waals surface area contributed by atoms with E-state index in [1.807, 2.05) is 30.3 Å². The topological polar surface area (TPSA) is 206 Å². The van der Waals surface area contributed by atoms with Crippen LogP contribution in [0.5, 0.6) is 0 Å². The van der Waals surface area contributed by atoms with E-state index in [2.05, 4.69) is 5.32 Å². The fourth-order valence-electron chi connectivity index (χ4n) is 5.00. The number of carbonyl (C=O) groups is 4. The molecule has 15 nitrogen and oxygen atoms in total. The third-order valence-corrected chi connectivity index (χ3v) is 8.07. The molecule has 0 aliphatic carbocycles. The average molecular weight is 726 g/mol. The summed E-state index contributed by atoms with van der Waals surface area (Å²) < 4.78 is 40.8. The molecule has 0 aromatic heterocycles. The Kier molecular flexibility index (Phi) is 14.2. The minimum absolute atomic E-state index is 0.0342. The van der Waals surface area contributed by atoms with Crippen LogP contribution in [0.25, 0.3) is 0 Å². The number of carbonyl (C=O) groups excluding carboxylic acids is 4. The maximum Gasteiger partial charge on any atom is 0.311 e. The first-order chi connectivity index (χ1) is 23.5. The van der Waals surface area contributed by atoms with Gasteiger partial charge in [0.1, 0.15) is 55.9 Å². The average Bonchev–Trinajstić information content (AvgIpc) is 3.02. The van der Waals surface area contributed by atoms with Crippen LogP contribution in [0.15, 0.2) is 30.3 Å². The molecule has 2 aliphatic rings. The quantitative estimate of drug-likeness (QED) is 0.190. The van der Waals surface area contributed by atoms with Crippen LogP contribution in [-0.4, -0.2) is 114 Å². The summed E-state index contributed by atoms with van der Waals surface area (Å²) in [6.45, 7) is 14.9. The molecular formula is C36H55NO14. The predicted octanol–water partition coefficient (Wildman–Crippen LogP) is 1.76. The molecule has 1 aromatic rings. The van der Waals surface area contributed by atoms with E-state index in [1.54, 1.807) is 62.3 Å². The van der Waals surface area contributed by atoms with Gasteiger partial charge >= 0.3 is 17.9 Å². The molecule has 0 spiro atoms. The minimum atomic E-state index is -1.84. The molecule has 0 saturated carbocycles. The Labute approximate surface area is 299 Å². The van der Waals surface area contributed by atoms with Crippen molar-refractivity contribution in [3.63, 3.8) is 0 Å². The summed E-state index contributed by atoms with van der Waals surface area (Å²) in [7, 11) is 0. The van der Waals surface area contributed by atoms with Crippen LogP contribution >= 0.6 is 0 Å². The molecule has 2 aliphatic heterocycles. The molecule has 3 rings (SSSR count). The van der Waals surface area contributed by atoms with E-state index in [-0.39, 0.29) is 6.61 Å². The zero-order valence-electron chi connectivity index (χ0n) is 31.1. The van der Waals surface area contributed by atoms with Crippen molar-refractivity contribution < 1.29 is 67.7 Å². The van der Waals surface area contributed by atoms with Gasteiger partial charge in [-0.1, -0.05) is 30.3 Å². The molecule has 1 aromatic carbocycles. The van der Waals surface area contributed by atoms with E-state index in [4.69, 9.17) is 33.2 Å². The fourth-order valence-corrected chi connectivity index (χ4v) is 5.00. The Morgan fingerprint density at radius 1 is 0.686 bits per heavy atom. The number of aliphatic hydroxyl groups is 3. The highest BCUT2D eigenvalue weighted by atomic mass is 16.7. The highest BCUT2D eigenvalue weighted by molar-refractivity contribution is 5.76. The summed E-state index contributed by atoms with van der Waals surface area (Å²) in [4.78, 5) is 50.6. The van der Waals surface area contributed by atoms with Crippen molar-refractivity contribution >= 4 is 23.8 Å². The number of ether oxygens (including phenoxy) is 7. The van der Waals surface area contributed by atoms with E-state index < -0.39 is 115 Å². The first-order valence-corrected chi connectivity index (χ1v) is 17.0. The molecule has 0 radical (unpaired) electrons. The number of esters is 3. The lowest BCUT2D eigenvalue weighted by atomic mass is 9.94. The largest absolute Gasteiger partial charge is 0.462 e. The van der Waals surface area contributed by atoms with Crippen molar-refractivity contribution in [1.82, 2.24) is 5.32 Å². The van der Waals surface area contributed by atoms with Crippen LogP contribution in [0.4, 0.5) is 0 Å². The number of aliphatic hydroxyl groups excluding tert-OH is 3. The van der Waals surface area contributed by atoms with Crippen LogP contribution in [0, 0.1) is 16.2 Å². The van der Waals surface area contributed by atoms with Gasteiger partial charge in [-0.15, -0.1) is 0 Å². The van der Waals surface area contributed by atoms with Crippen LogP contribution in [0.2, 0.25) is 0 Å². The predicted molar refractivity (Wildman–Crippen MR) is 179 cm³/mol.